The van der Waals surface area contributed by atoms with E-state index in [2.05, 4.69) is 6.92 Å². The lowest BCUT2D eigenvalue weighted by Crippen LogP contribution is -2.11. The summed E-state index contributed by atoms with van der Waals surface area (Å²) < 4.78 is 0. The molecule has 0 heterocycles. The van der Waals surface area contributed by atoms with Gasteiger partial charge in [-0.25, -0.2) is 19.2 Å². The van der Waals surface area contributed by atoms with E-state index >= 15 is 0 Å². The minimum absolute atomic E-state index is 0.0731. The molecule has 0 fully saturated rings. The van der Waals surface area contributed by atoms with E-state index in [9.17, 15) is 19.2 Å². The smallest absolute Gasteiger partial charge is 0.336 e. The predicted octanol–water partition coefficient (Wildman–Crippen LogP) is 4.46. The van der Waals surface area contributed by atoms with Crippen LogP contribution in [-0.2, 0) is 12.8 Å². The number of unbranched alkanes of at least 4 members (excludes halogenated alkanes) is 2. The van der Waals surface area contributed by atoms with Gasteiger partial charge in [-0.1, -0.05) is 51.0 Å². The van der Waals surface area contributed by atoms with Crippen molar-refractivity contribution in [1.82, 2.24) is 0 Å². The number of carboxylic acids is 4. The third kappa shape index (κ3) is 6.95. The Labute approximate surface area is 179 Å². The molecule has 0 bridgehead atoms. The van der Waals surface area contributed by atoms with Gasteiger partial charge in [0, 0.05) is 0 Å². The molecule has 2 aromatic rings. The number of aromatic carboxylic acids is 4. The molecule has 0 amide bonds. The highest BCUT2D eigenvalue weighted by atomic mass is 16.4. The van der Waals surface area contributed by atoms with Crippen molar-refractivity contribution in [2.24, 2.45) is 0 Å². The second-order valence-corrected chi connectivity index (χ2v) is 6.71. The number of aryl methyl sites for hydroxylation is 2. The number of rotatable bonds is 9. The Morgan fingerprint density at radius 3 is 1.48 bits per heavy atom. The first-order valence-corrected chi connectivity index (χ1v) is 9.82. The molecule has 0 unspecified atom stereocenters. The van der Waals surface area contributed by atoms with Crippen LogP contribution in [0.15, 0.2) is 36.4 Å². The van der Waals surface area contributed by atoms with Gasteiger partial charge in [-0.2, -0.15) is 0 Å². The van der Waals surface area contributed by atoms with Gasteiger partial charge in [-0.15, -0.1) is 0 Å². The zero-order chi connectivity index (χ0) is 23.6. The maximum Gasteiger partial charge on any atom is 0.336 e. The van der Waals surface area contributed by atoms with E-state index < -0.39 is 23.9 Å². The van der Waals surface area contributed by atoms with Crippen molar-refractivity contribution in [2.75, 3.05) is 0 Å². The molecule has 166 valence electrons. The third-order valence-corrected chi connectivity index (χ3v) is 4.62. The van der Waals surface area contributed by atoms with Crippen LogP contribution < -0.4 is 0 Å². The molecule has 4 N–H and O–H groups in total. The molecule has 2 rings (SSSR count). The Morgan fingerprint density at radius 2 is 1.10 bits per heavy atom. The highest BCUT2D eigenvalue weighted by Gasteiger charge is 2.19. The Bertz CT molecular complexity index is 962. The Balaban J connectivity index is 0.000000316. The molecular weight excluding hydrogens is 404 g/mol. The van der Waals surface area contributed by atoms with E-state index in [-0.39, 0.29) is 22.3 Å². The maximum absolute atomic E-state index is 11.1. The number of hydrogen-bond donors (Lipinski definition) is 4. The first kappa shape index (κ1) is 25.4. The van der Waals surface area contributed by atoms with Gasteiger partial charge in [0.05, 0.1) is 22.3 Å². The summed E-state index contributed by atoms with van der Waals surface area (Å²) in [5, 5.41) is 35.7. The van der Waals surface area contributed by atoms with Crippen LogP contribution in [0.25, 0.3) is 0 Å². The topological polar surface area (TPSA) is 149 Å². The minimum Gasteiger partial charge on any atom is -0.478 e. The summed E-state index contributed by atoms with van der Waals surface area (Å²) in [7, 11) is 0. The quantitative estimate of drug-likeness (QED) is 0.426. The fraction of sp³-hybridized carbons (Fsp3) is 0.304. The normalized spacial score (nSPS) is 10.0. The minimum atomic E-state index is -1.21. The second kappa shape index (κ2) is 12.1. The average Bonchev–Trinajstić information content (AvgIpc) is 2.73. The van der Waals surface area contributed by atoms with E-state index in [1.807, 2.05) is 0 Å². The maximum atomic E-state index is 11.1. The number of carboxylic acid groups (broad SMARTS) is 4. The van der Waals surface area contributed by atoms with Crippen molar-refractivity contribution >= 4 is 23.9 Å². The molecule has 0 radical (unpaired) electrons. The summed E-state index contributed by atoms with van der Waals surface area (Å²) >= 11 is 0. The van der Waals surface area contributed by atoms with E-state index in [1.165, 1.54) is 12.1 Å². The molecule has 0 aliphatic carbocycles. The molecule has 0 atom stereocenters. The monoisotopic (exact) mass is 430 g/mol. The van der Waals surface area contributed by atoms with Crippen LogP contribution in [-0.4, -0.2) is 44.3 Å². The zero-order valence-corrected chi connectivity index (χ0v) is 17.4. The van der Waals surface area contributed by atoms with Crippen LogP contribution >= 0.6 is 0 Å². The molecule has 8 heteroatoms. The molecule has 0 saturated heterocycles. The number of carbonyl (C=O) groups is 4. The second-order valence-electron chi connectivity index (χ2n) is 6.71. The lowest BCUT2D eigenvalue weighted by Gasteiger charge is -2.08. The van der Waals surface area contributed by atoms with E-state index in [0.29, 0.717) is 24.0 Å². The fourth-order valence-electron chi connectivity index (χ4n) is 3.13. The van der Waals surface area contributed by atoms with Crippen molar-refractivity contribution in [3.8, 4) is 0 Å². The van der Waals surface area contributed by atoms with Crippen LogP contribution in [0.5, 0.6) is 0 Å². The molecule has 0 aromatic heterocycles. The molecule has 0 aliphatic heterocycles. The highest BCUT2D eigenvalue weighted by Crippen LogP contribution is 2.18. The predicted molar refractivity (Wildman–Crippen MR) is 113 cm³/mol. The zero-order valence-electron chi connectivity index (χ0n) is 17.4. The average molecular weight is 430 g/mol. The van der Waals surface area contributed by atoms with Crippen LogP contribution in [0.2, 0.25) is 0 Å². The molecule has 0 aliphatic rings. The summed E-state index contributed by atoms with van der Waals surface area (Å²) in [5.41, 5.74) is 0.671. The first-order valence-electron chi connectivity index (χ1n) is 9.82. The van der Waals surface area contributed by atoms with Crippen LogP contribution in [0, 0.1) is 0 Å². The van der Waals surface area contributed by atoms with Crippen molar-refractivity contribution in [1.29, 1.82) is 0 Å². The molecule has 8 nitrogen and oxygen atoms in total. The van der Waals surface area contributed by atoms with Crippen LogP contribution in [0.3, 0.4) is 0 Å². The lowest BCUT2D eigenvalue weighted by molar-refractivity contribution is 0.0650. The molecule has 0 saturated carbocycles. The van der Waals surface area contributed by atoms with Gasteiger partial charge in [-0.3, -0.25) is 0 Å². The van der Waals surface area contributed by atoms with E-state index in [4.69, 9.17) is 20.4 Å². The number of benzene rings is 2. The highest BCUT2D eigenvalue weighted by molar-refractivity contribution is 6.03. The summed E-state index contributed by atoms with van der Waals surface area (Å²) in [6.07, 6.45) is 4.04. The summed E-state index contributed by atoms with van der Waals surface area (Å²) in [6.45, 7) is 3.85. The van der Waals surface area contributed by atoms with Crippen molar-refractivity contribution in [3.05, 3.63) is 69.8 Å². The van der Waals surface area contributed by atoms with Crippen LogP contribution in [0.1, 0.15) is 85.7 Å². The summed E-state index contributed by atoms with van der Waals surface area (Å²) in [5.74, 6) is -4.77. The standard InChI is InChI=1S/C13H16O4.C10H10O4/c1-2-3-4-6-9-7-5-8-10(12(14)15)11(9)13(16)17;1-2-6-4-3-5-7(9(11)12)8(6)10(13)14/h5,7-8H,2-4,6H2,1H3,(H,14,15)(H,16,17);3-5H,2H2,1H3,(H,11,12)(H,13,14). The van der Waals surface area contributed by atoms with Crippen molar-refractivity contribution < 1.29 is 39.6 Å². The Hall–Kier alpha value is -3.68. The van der Waals surface area contributed by atoms with E-state index in [1.54, 1.807) is 31.2 Å². The van der Waals surface area contributed by atoms with E-state index in [0.717, 1.165) is 19.3 Å². The van der Waals surface area contributed by atoms with Gasteiger partial charge in [0.2, 0.25) is 0 Å². The molecule has 0 spiro atoms. The molecular formula is C23H26O8. The van der Waals surface area contributed by atoms with Gasteiger partial charge < -0.3 is 20.4 Å². The van der Waals surface area contributed by atoms with Gasteiger partial charge >= 0.3 is 23.9 Å². The van der Waals surface area contributed by atoms with Crippen molar-refractivity contribution in [3.63, 3.8) is 0 Å². The summed E-state index contributed by atoms with van der Waals surface area (Å²) in [4.78, 5) is 43.6. The summed E-state index contributed by atoms with van der Waals surface area (Å²) in [6, 6.07) is 9.08. The molecule has 31 heavy (non-hydrogen) atoms. The SMILES string of the molecule is CCCCCc1cccc(C(=O)O)c1C(=O)O.CCc1cccc(C(=O)O)c1C(=O)O. The number of hydrogen-bond acceptors (Lipinski definition) is 4. The van der Waals surface area contributed by atoms with Gasteiger partial charge in [0.25, 0.3) is 0 Å². The Kier molecular flexibility index (Phi) is 9.91. The van der Waals surface area contributed by atoms with Gasteiger partial charge in [-0.05, 0) is 42.5 Å². The van der Waals surface area contributed by atoms with Gasteiger partial charge in [0.1, 0.15) is 0 Å². The van der Waals surface area contributed by atoms with Crippen molar-refractivity contribution in [2.45, 2.75) is 46.0 Å². The van der Waals surface area contributed by atoms with Gasteiger partial charge in [0.15, 0.2) is 0 Å². The molecule has 2 aromatic carbocycles. The van der Waals surface area contributed by atoms with Crippen LogP contribution in [0.4, 0.5) is 0 Å². The first-order chi connectivity index (χ1) is 14.6. The lowest BCUT2D eigenvalue weighted by atomic mass is 9.97. The fourth-order valence-corrected chi connectivity index (χ4v) is 3.13. The Morgan fingerprint density at radius 1 is 0.645 bits per heavy atom. The third-order valence-electron chi connectivity index (χ3n) is 4.62. The largest absolute Gasteiger partial charge is 0.478 e.